The van der Waals surface area contributed by atoms with Crippen molar-refractivity contribution in [3.05, 3.63) is 35.6 Å². The van der Waals surface area contributed by atoms with Crippen LogP contribution in [0.5, 0.6) is 0 Å². The molecule has 1 aromatic rings. The van der Waals surface area contributed by atoms with Crippen molar-refractivity contribution in [1.29, 1.82) is 0 Å². The maximum atomic E-state index is 13.2. The van der Waals surface area contributed by atoms with Crippen LogP contribution in [0.3, 0.4) is 0 Å². The van der Waals surface area contributed by atoms with E-state index in [1.807, 2.05) is 13.1 Å². The molecule has 100 valence electrons. The summed E-state index contributed by atoms with van der Waals surface area (Å²) in [6.07, 6.45) is 9.10. The Morgan fingerprint density at radius 1 is 1.28 bits per heavy atom. The molecule has 0 spiro atoms. The molecule has 1 unspecified atom stereocenters. The van der Waals surface area contributed by atoms with Crippen LogP contribution >= 0.6 is 0 Å². The molecule has 0 aromatic heterocycles. The van der Waals surface area contributed by atoms with Gasteiger partial charge in [0.05, 0.1) is 0 Å². The Kier molecular flexibility index (Phi) is 5.18. The van der Waals surface area contributed by atoms with Gasteiger partial charge in [-0.3, -0.25) is 0 Å². The first-order chi connectivity index (χ1) is 8.78. The van der Waals surface area contributed by atoms with Crippen LogP contribution in [-0.4, -0.2) is 13.1 Å². The van der Waals surface area contributed by atoms with Crippen molar-refractivity contribution >= 4 is 0 Å². The highest BCUT2D eigenvalue weighted by Crippen LogP contribution is 2.28. The van der Waals surface area contributed by atoms with Crippen LogP contribution in [0.15, 0.2) is 24.3 Å². The number of halogens is 1. The molecule has 0 amide bonds. The van der Waals surface area contributed by atoms with Gasteiger partial charge in [0.2, 0.25) is 0 Å². The van der Waals surface area contributed by atoms with E-state index in [1.54, 1.807) is 12.1 Å². The summed E-state index contributed by atoms with van der Waals surface area (Å²) >= 11 is 0. The molecular formula is C16H24FN. The largest absolute Gasteiger partial charge is 0.317 e. The summed E-state index contributed by atoms with van der Waals surface area (Å²) in [5.74, 6) is 0.741. The zero-order valence-corrected chi connectivity index (χ0v) is 11.3. The van der Waals surface area contributed by atoms with Gasteiger partial charge in [-0.2, -0.15) is 0 Å². The second-order valence-electron chi connectivity index (χ2n) is 5.56. The molecule has 2 heteroatoms. The smallest absolute Gasteiger partial charge is 0.123 e. The lowest BCUT2D eigenvalue weighted by molar-refractivity contribution is 0.302. The Hall–Kier alpha value is -0.890. The highest BCUT2D eigenvalue weighted by molar-refractivity contribution is 5.17. The van der Waals surface area contributed by atoms with Gasteiger partial charge in [-0.15, -0.1) is 0 Å². The third-order valence-electron chi connectivity index (χ3n) is 4.12. The second-order valence-corrected chi connectivity index (χ2v) is 5.56. The first kappa shape index (κ1) is 13.5. The highest BCUT2D eigenvalue weighted by Gasteiger charge is 2.18. The van der Waals surface area contributed by atoms with Crippen molar-refractivity contribution in [3.63, 3.8) is 0 Å². The molecule has 0 radical (unpaired) electrons. The summed E-state index contributed by atoms with van der Waals surface area (Å²) in [5, 5.41) is 3.39. The standard InChI is InChI=1S/C16H24FN/c1-18-16(11-13-6-3-2-4-7-13)12-14-8-5-9-15(17)10-14/h5,8-10,13,16,18H,2-4,6-7,11-12H2,1H3. The van der Waals surface area contributed by atoms with Crippen molar-refractivity contribution in [1.82, 2.24) is 5.32 Å². The summed E-state index contributed by atoms with van der Waals surface area (Å²) in [5.41, 5.74) is 1.10. The molecule has 1 nitrogen and oxygen atoms in total. The second kappa shape index (κ2) is 6.89. The van der Waals surface area contributed by atoms with Crippen LogP contribution in [-0.2, 0) is 6.42 Å². The Morgan fingerprint density at radius 2 is 2.06 bits per heavy atom. The minimum Gasteiger partial charge on any atom is -0.317 e. The van der Waals surface area contributed by atoms with Crippen LogP contribution in [0, 0.1) is 11.7 Å². The Morgan fingerprint density at radius 3 is 2.72 bits per heavy atom. The number of likely N-dealkylation sites (N-methyl/N-ethyl adjacent to an activating group) is 1. The van der Waals surface area contributed by atoms with Crippen LogP contribution in [0.25, 0.3) is 0 Å². The predicted molar refractivity (Wildman–Crippen MR) is 74.1 cm³/mol. The van der Waals surface area contributed by atoms with Gasteiger partial charge in [0.25, 0.3) is 0 Å². The fourth-order valence-corrected chi connectivity index (χ4v) is 3.08. The molecule has 0 saturated heterocycles. The van der Waals surface area contributed by atoms with Crippen molar-refractivity contribution in [2.45, 2.75) is 51.0 Å². The minimum atomic E-state index is -0.125. The van der Waals surface area contributed by atoms with Gasteiger partial charge in [0.1, 0.15) is 5.82 Å². The first-order valence-electron chi connectivity index (χ1n) is 7.19. The number of benzene rings is 1. The van der Waals surface area contributed by atoms with Crippen LogP contribution in [0.2, 0.25) is 0 Å². The van der Waals surface area contributed by atoms with Crippen LogP contribution in [0.1, 0.15) is 44.1 Å². The molecule has 0 aliphatic heterocycles. The summed E-state index contributed by atoms with van der Waals surface area (Å²) in [7, 11) is 2.02. The van der Waals surface area contributed by atoms with Crippen molar-refractivity contribution < 1.29 is 4.39 Å². The first-order valence-corrected chi connectivity index (χ1v) is 7.19. The van der Waals surface area contributed by atoms with Gasteiger partial charge in [0.15, 0.2) is 0 Å². The van der Waals surface area contributed by atoms with E-state index in [9.17, 15) is 4.39 Å². The van der Waals surface area contributed by atoms with Crippen molar-refractivity contribution in [2.75, 3.05) is 7.05 Å². The van der Waals surface area contributed by atoms with Gasteiger partial charge in [0, 0.05) is 6.04 Å². The molecule has 1 aliphatic carbocycles. The predicted octanol–water partition coefficient (Wildman–Crippen LogP) is 3.93. The van der Waals surface area contributed by atoms with Crippen LogP contribution < -0.4 is 5.32 Å². The van der Waals surface area contributed by atoms with E-state index in [-0.39, 0.29) is 5.82 Å². The van der Waals surface area contributed by atoms with Gasteiger partial charge in [-0.25, -0.2) is 4.39 Å². The Labute approximate surface area is 110 Å². The fourth-order valence-electron chi connectivity index (χ4n) is 3.08. The summed E-state index contributed by atoms with van der Waals surface area (Å²) < 4.78 is 13.2. The molecule has 1 N–H and O–H groups in total. The maximum absolute atomic E-state index is 13.2. The summed E-state index contributed by atoms with van der Waals surface area (Å²) in [6, 6.07) is 7.48. The van der Waals surface area contributed by atoms with E-state index in [2.05, 4.69) is 5.32 Å². The average molecular weight is 249 g/mol. The molecule has 2 rings (SSSR count). The van der Waals surface area contributed by atoms with Gasteiger partial charge < -0.3 is 5.32 Å². The molecule has 0 heterocycles. The van der Waals surface area contributed by atoms with E-state index in [0.29, 0.717) is 6.04 Å². The minimum absolute atomic E-state index is 0.125. The lowest BCUT2D eigenvalue weighted by Crippen LogP contribution is -2.30. The summed E-state index contributed by atoms with van der Waals surface area (Å²) in [6.45, 7) is 0. The third-order valence-corrected chi connectivity index (χ3v) is 4.12. The SMILES string of the molecule is CNC(Cc1cccc(F)c1)CC1CCCCC1. The van der Waals surface area contributed by atoms with E-state index in [1.165, 1.54) is 44.6 Å². The Bertz CT molecular complexity index is 358. The number of rotatable bonds is 5. The van der Waals surface area contributed by atoms with E-state index < -0.39 is 0 Å². The molecule has 1 aromatic carbocycles. The Balaban J connectivity index is 1.88. The molecular weight excluding hydrogens is 225 g/mol. The maximum Gasteiger partial charge on any atom is 0.123 e. The quantitative estimate of drug-likeness (QED) is 0.834. The average Bonchev–Trinajstić information content (AvgIpc) is 2.39. The number of hydrogen-bond donors (Lipinski definition) is 1. The lowest BCUT2D eigenvalue weighted by Gasteiger charge is -2.26. The van der Waals surface area contributed by atoms with E-state index in [4.69, 9.17) is 0 Å². The monoisotopic (exact) mass is 249 g/mol. The number of hydrogen-bond acceptors (Lipinski definition) is 1. The molecule has 1 fully saturated rings. The van der Waals surface area contributed by atoms with Gasteiger partial charge in [-0.1, -0.05) is 44.2 Å². The zero-order chi connectivity index (χ0) is 12.8. The van der Waals surface area contributed by atoms with E-state index >= 15 is 0 Å². The van der Waals surface area contributed by atoms with Gasteiger partial charge >= 0.3 is 0 Å². The molecule has 18 heavy (non-hydrogen) atoms. The lowest BCUT2D eigenvalue weighted by atomic mass is 9.83. The third kappa shape index (κ3) is 4.09. The summed E-state index contributed by atoms with van der Waals surface area (Å²) in [4.78, 5) is 0. The molecule has 0 bridgehead atoms. The zero-order valence-electron chi connectivity index (χ0n) is 11.3. The molecule has 1 atom stereocenters. The normalized spacial score (nSPS) is 18.8. The fraction of sp³-hybridized carbons (Fsp3) is 0.625. The topological polar surface area (TPSA) is 12.0 Å². The van der Waals surface area contributed by atoms with Crippen molar-refractivity contribution in [2.24, 2.45) is 5.92 Å². The van der Waals surface area contributed by atoms with Crippen molar-refractivity contribution in [3.8, 4) is 0 Å². The van der Waals surface area contributed by atoms with Gasteiger partial charge in [-0.05, 0) is 43.5 Å². The van der Waals surface area contributed by atoms with E-state index in [0.717, 1.165) is 17.9 Å². The van der Waals surface area contributed by atoms with Crippen LogP contribution in [0.4, 0.5) is 4.39 Å². The molecule has 1 saturated carbocycles. The molecule has 1 aliphatic rings. The highest BCUT2D eigenvalue weighted by atomic mass is 19.1. The number of nitrogens with one attached hydrogen (secondary N) is 1.